The summed E-state index contributed by atoms with van der Waals surface area (Å²) in [6.07, 6.45) is 9.68. The van der Waals surface area contributed by atoms with Gasteiger partial charge in [-0.2, -0.15) is 0 Å². The lowest BCUT2D eigenvalue weighted by Gasteiger charge is -2.56. The molecule has 3 amide bonds. The molecule has 174 valence electrons. The minimum absolute atomic E-state index is 0.0331. The summed E-state index contributed by atoms with van der Waals surface area (Å²) >= 11 is 0. The van der Waals surface area contributed by atoms with Gasteiger partial charge in [-0.15, -0.1) is 0 Å². The molecule has 6 rings (SSSR count). The lowest BCUT2D eigenvalue weighted by molar-refractivity contribution is -0.0127. The SMILES string of the molecule is COCCNC(=O)c1cc(NC(=O)NC23CC4CC(CC(C4)C2)C3)ccc1N1CCCC1. The maximum Gasteiger partial charge on any atom is 0.319 e. The molecule has 5 aliphatic rings. The Kier molecular flexibility index (Phi) is 6.01. The van der Waals surface area contributed by atoms with Crippen molar-refractivity contribution in [3.63, 3.8) is 0 Å². The molecule has 7 heteroatoms. The summed E-state index contributed by atoms with van der Waals surface area (Å²) in [5, 5.41) is 9.31. The van der Waals surface area contributed by atoms with E-state index < -0.39 is 0 Å². The molecule has 1 aliphatic heterocycles. The monoisotopic (exact) mass is 440 g/mol. The second-order valence-corrected chi connectivity index (χ2v) is 10.5. The zero-order valence-electron chi connectivity index (χ0n) is 19.1. The summed E-state index contributed by atoms with van der Waals surface area (Å²) in [7, 11) is 1.62. The van der Waals surface area contributed by atoms with Crippen LogP contribution in [0.25, 0.3) is 0 Å². The summed E-state index contributed by atoms with van der Waals surface area (Å²) < 4.78 is 5.06. The number of ether oxygens (including phenoxy) is 1. The number of carbonyl (C=O) groups excluding carboxylic acids is 2. The van der Waals surface area contributed by atoms with Gasteiger partial charge in [0.15, 0.2) is 0 Å². The second-order valence-electron chi connectivity index (χ2n) is 10.5. The molecule has 1 aromatic rings. The van der Waals surface area contributed by atoms with Gasteiger partial charge in [0.2, 0.25) is 0 Å². The normalized spacial score (nSPS) is 30.4. The van der Waals surface area contributed by atoms with E-state index in [1.165, 1.54) is 19.3 Å². The first-order chi connectivity index (χ1) is 15.5. The van der Waals surface area contributed by atoms with Crippen LogP contribution in [-0.4, -0.2) is 50.8 Å². The maximum atomic E-state index is 13.0. The number of urea groups is 1. The number of carbonyl (C=O) groups is 2. The lowest BCUT2D eigenvalue weighted by atomic mass is 9.53. The van der Waals surface area contributed by atoms with Crippen molar-refractivity contribution < 1.29 is 14.3 Å². The second kappa shape index (κ2) is 8.93. The van der Waals surface area contributed by atoms with Gasteiger partial charge in [-0.25, -0.2) is 4.79 Å². The van der Waals surface area contributed by atoms with Gasteiger partial charge in [-0.3, -0.25) is 4.79 Å². The third-order valence-electron chi connectivity index (χ3n) is 7.95. The molecule has 4 bridgehead atoms. The highest BCUT2D eigenvalue weighted by molar-refractivity contribution is 6.02. The molecule has 1 heterocycles. The number of benzene rings is 1. The summed E-state index contributed by atoms with van der Waals surface area (Å²) in [5.74, 6) is 2.21. The quantitative estimate of drug-likeness (QED) is 0.564. The molecule has 1 saturated heterocycles. The van der Waals surface area contributed by atoms with Gasteiger partial charge >= 0.3 is 6.03 Å². The number of hydrogen-bond acceptors (Lipinski definition) is 4. The maximum absolute atomic E-state index is 13.0. The zero-order valence-corrected chi connectivity index (χ0v) is 19.1. The van der Waals surface area contributed by atoms with E-state index in [-0.39, 0.29) is 17.5 Å². The van der Waals surface area contributed by atoms with E-state index in [1.807, 2.05) is 18.2 Å². The number of anilines is 2. The highest BCUT2D eigenvalue weighted by Gasteiger charge is 2.51. The number of rotatable bonds is 7. The molecule has 0 aromatic heterocycles. The molecule has 4 aliphatic carbocycles. The van der Waals surface area contributed by atoms with Gasteiger partial charge in [0.1, 0.15) is 0 Å². The van der Waals surface area contributed by atoms with Gasteiger partial charge in [0.25, 0.3) is 5.91 Å². The largest absolute Gasteiger partial charge is 0.383 e. The van der Waals surface area contributed by atoms with Gasteiger partial charge in [0, 0.05) is 43.7 Å². The van der Waals surface area contributed by atoms with Crippen molar-refractivity contribution in [2.45, 2.75) is 56.9 Å². The van der Waals surface area contributed by atoms with Crippen molar-refractivity contribution in [3.8, 4) is 0 Å². The van der Waals surface area contributed by atoms with E-state index in [1.54, 1.807) is 7.11 Å². The van der Waals surface area contributed by atoms with Crippen LogP contribution in [0.5, 0.6) is 0 Å². The average Bonchev–Trinajstić information content (AvgIpc) is 3.27. The van der Waals surface area contributed by atoms with Crippen LogP contribution in [0.4, 0.5) is 16.2 Å². The predicted octanol–water partition coefficient (Wildman–Crippen LogP) is 3.75. The van der Waals surface area contributed by atoms with E-state index in [9.17, 15) is 9.59 Å². The van der Waals surface area contributed by atoms with Crippen molar-refractivity contribution in [2.24, 2.45) is 17.8 Å². The van der Waals surface area contributed by atoms with Crippen molar-refractivity contribution in [3.05, 3.63) is 23.8 Å². The molecule has 0 radical (unpaired) electrons. The Bertz CT molecular complexity index is 829. The molecule has 0 atom stereocenters. The molecule has 4 saturated carbocycles. The number of hydrogen-bond donors (Lipinski definition) is 3. The Morgan fingerprint density at radius 3 is 2.34 bits per heavy atom. The Balaban J connectivity index is 1.29. The summed E-state index contributed by atoms with van der Waals surface area (Å²) in [6.45, 7) is 2.84. The molecule has 1 aromatic carbocycles. The van der Waals surface area contributed by atoms with Crippen LogP contribution in [0, 0.1) is 17.8 Å². The van der Waals surface area contributed by atoms with E-state index in [0.717, 1.165) is 68.6 Å². The Hall–Kier alpha value is -2.28. The first kappa shape index (κ1) is 21.6. The third kappa shape index (κ3) is 4.45. The Labute approximate surface area is 190 Å². The van der Waals surface area contributed by atoms with Crippen molar-refractivity contribution in [1.82, 2.24) is 10.6 Å². The van der Waals surface area contributed by atoms with Gasteiger partial charge in [-0.1, -0.05) is 0 Å². The lowest BCUT2D eigenvalue weighted by Crippen LogP contribution is -2.60. The first-order valence-corrected chi connectivity index (χ1v) is 12.3. The molecule has 3 N–H and O–H groups in total. The van der Waals surface area contributed by atoms with E-state index >= 15 is 0 Å². The number of nitrogens with one attached hydrogen (secondary N) is 3. The molecule has 0 unspecified atom stereocenters. The number of amides is 3. The van der Waals surface area contributed by atoms with Crippen molar-refractivity contribution >= 4 is 23.3 Å². The van der Waals surface area contributed by atoms with Crippen molar-refractivity contribution in [2.75, 3.05) is 43.6 Å². The Morgan fingerprint density at radius 1 is 1.06 bits per heavy atom. The van der Waals surface area contributed by atoms with E-state index in [4.69, 9.17) is 4.74 Å². The first-order valence-electron chi connectivity index (χ1n) is 12.3. The topological polar surface area (TPSA) is 82.7 Å². The minimum atomic E-state index is -0.147. The van der Waals surface area contributed by atoms with Crippen LogP contribution >= 0.6 is 0 Å². The van der Waals surface area contributed by atoms with E-state index in [2.05, 4.69) is 20.9 Å². The minimum Gasteiger partial charge on any atom is -0.383 e. The van der Waals surface area contributed by atoms with Gasteiger partial charge in [-0.05, 0) is 87.3 Å². The van der Waals surface area contributed by atoms with Gasteiger partial charge in [0.05, 0.1) is 12.2 Å². The highest BCUT2D eigenvalue weighted by Crippen LogP contribution is 2.55. The van der Waals surface area contributed by atoms with Crippen LogP contribution < -0.4 is 20.9 Å². The Morgan fingerprint density at radius 2 is 1.72 bits per heavy atom. The average molecular weight is 441 g/mol. The number of nitrogens with zero attached hydrogens (tertiary/aromatic N) is 1. The van der Waals surface area contributed by atoms with E-state index in [0.29, 0.717) is 24.4 Å². The van der Waals surface area contributed by atoms with Crippen LogP contribution in [0.3, 0.4) is 0 Å². The molecule has 32 heavy (non-hydrogen) atoms. The molecular formula is C25H36N4O3. The number of methoxy groups -OCH3 is 1. The molecule has 5 fully saturated rings. The van der Waals surface area contributed by atoms with Crippen LogP contribution in [0.15, 0.2) is 18.2 Å². The summed E-state index contributed by atoms with van der Waals surface area (Å²) in [6, 6.07) is 5.55. The summed E-state index contributed by atoms with van der Waals surface area (Å²) in [4.78, 5) is 28.1. The zero-order chi connectivity index (χ0) is 22.1. The standard InChI is InChI=1S/C25H36N4O3/c1-32-9-6-26-23(30)21-13-20(4-5-22(21)29-7-2-3-8-29)27-24(31)28-25-14-17-10-18(15-25)12-19(11-17)16-25/h4-5,13,17-19H,2-3,6-12,14-16H2,1H3,(H,26,30)(H2,27,28,31). The fourth-order valence-electron chi connectivity index (χ4n) is 7.06. The molecular weight excluding hydrogens is 404 g/mol. The summed E-state index contributed by atoms with van der Waals surface area (Å²) in [5.41, 5.74) is 2.17. The fourth-order valence-corrected chi connectivity index (χ4v) is 7.06. The molecule has 7 nitrogen and oxygen atoms in total. The van der Waals surface area contributed by atoms with Gasteiger partial charge < -0.3 is 25.6 Å². The van der Waals surface area contributed by atoms with Crippen LogP contribution in [0.2, 0.25) is 0 Å². The smallest absolute Gasteiger partial charge is 0.319 e. The molecule has 0 spiro atoms. The van der Waals surface area contributed by atoms with Crippen LogP contribution in [-0.2, 0) is 4.74 Å². The van der Waals surface area contributed by atoms with Crippen LogP contribution in [0.1, 0.15) is 61.7 Å². The third-order valence-corrected chi connectivity index (χ3v) is 7.95. The fraction of sp³-hybridized carbons (Fsp3) is 0.680. The van der Waals surface area contributed by atoms with Crippen molar-refractivity contribution in [1.29, 1.82) is 0 Å². The highest BCUT2D eigenvalue weighted by atomic mass is 16.5. The predicted molar refractivity (Wildman–Crippen MR) is 125 cm³/mol.